The lowest BCUT2D eigenvalue weighted by atomic mass is 9.97. The smallest absolute Gasteiger partial charge is 0.164 e. The Balaban J connectivity index is 0.000000101. The first-order chi connectivity index (χ1) is 71.3. The maximum absolute atomic E-state index is 6.52. The van der Waals surface area contributed by atoms with Gasteiger partial charge in [0.2, 0.25) is 0 Å². The van der Waals surface area contributed by atoms with Crippen molar-refractivity contribution in [3.63, 3.8) is 0 Å². The van der Waals surface area contributed by atoms with Gasteiger partial charge in [-0.25, -0.2) is 29.9 Å². The van der Waals surface area contributed by atoms with Crippen LogP contribution in [0.5, 0.6) is 0 Å². The number of benzene rings is 23. The van der Waals surface area contributed by atoms with Crippen LogP contribution in [0.25, 0.3) is 310 Å². The number of thiophene rings is 2. The molecule has 0 fully saturated rings. The largest absolute Gasteiger partial charge is 0.456 e. The highest BCUT2D eigenvalue weighted by Crippen LogP contribution is 2.50. The lowest BCUT2D eigenvalue weighted by molar-refractivity contribution is 0.669. The number of furan rings is 3. The molecular formula is C132H75N7O3S2. The molecule has 0 amide bonds. The Hall–Kier alpha value is -18.7. The molecule has 9 heterocycles. The van der Waals surface area contributed by atoms with E-state index in [-0.39, 0.29) is 0 Å². The SMILES string of the molecule is c1cc(-c2ccc3sc4ccccc4c3c2)cc(-c2nc(-c3ccc4ccccc4c3)c3ccc4oc5cc6ccccc6cc5c4c3n2)c1.c1ccc(-n2c3ccccc3c3cc(-c4nc(-c5cccc6ccccc56)c5ccc6oc7cc8ccccc8cc7c6c5n4)ccc32)cc1.c1ccc2cc3c(cc2c1)sc1ccc2c(-c4cccc5ccccc45)nc(-c4cccc5c4oc4ccccc45)nc2c13. The lowest BCUT2D eigenvalue weighted by Gasteiger charge is -2.13. The van der Waals surface area contributed by atoms with E-state index in [0.717, 1.165) is 187 Å². The van der Waals surface area contributed by atoms with E-state index in [4.69, 9.17) is 43.2 Å². The molecule has 10 nitrogen and oxygen atoms in total. The molecule has 144 heavy (non-hydrogen) atoms. The van der Waals surface area contributed by atoms with E-state index in [9.17, 15) is 0 Å². The maximum atomic E-state index is 6.52. The van der Waals surface area contributed by atoms with Crippen LogP contribution in [0.4, 0.5) is 0 Å². The summed E-state index contributed by atoms with van der Waals surface area (Å²) in [5, 5.41) is 30.9. The molecule has 0 N–H and O–H groups in total. The molecule has 0 aliphatic rings. The van der Waals surface area contributed by atoms with Crippen LogP contribution in [-0.4, -0.2) is 34.5 Å². The van der Waals surface area contributed by atoms with Crippen LogP contribution < -0.4 is 0 Å². The highest BCUT2D eigenvalue weighted by Gasteiger charge is 2.27. The summed E-state index contributed by atoms with van der Waals surface area (Å²) in [6, 6.07) is 161. The van der Waals surface area contributed by atoms with Gasteiger partial charge in [0.1, 0.15) is 33.5 Å². The molecule has 0 aliphatic heterocycles. The van der Waals surface area contributed by atoms with Crippen LogP contribution in [0.3, 0.4) is 0 Å². The van der Waals surface area contributed by atoms with E-state index in [1.807, 2.05) is 34.8 Å². The normalized spacial score (nSPS) is 12.0. The number of aromatic nitrogens is 7. The molecule has 23 aromatic carbocycles. The quantitative estimate of drug-likeness (QED) is 0.146. The summed E-state index contributed by atoms with van der Waals surface area (Å²) in [6.07, 6.45) is 0. The fourth-order valence-electron chi connectivity index (χ4n) is 22.3. The van der Waals surface area contributed by atoms with Crippen LogP contribution in [0.1, 0.15) is 0 Å². The van der Waals surface area contributed by atoms with Gasteiger partial charge in [-0.1, -0.05) is 303 Å². The van der Waals surface area contributed by atoms with Crippen LogP contribution >= 0.6 is 22.7 Å². The number of para-hydroxylation sites is 4. The van der Waals surface area contributed by atoms with E-state index in [1.54, 1.807) is 0 Å². The van der Waals surface area contributed by atoms with Crippen LogP contribution in [0.2, 0.25) is 0 Å². The minimum Gasteiger partial charge on any atom is -0.456 e. The Morgan fingerprint density at radius 1 is 0.181 bits per heavy atom. The van der Waals surface area contributed by atoms with Crippen LogP contribution in [0.15, 0.2) is 468 Å². The van der Waals surface area contributed by atoms with E-state index in [0.29, 0.717) is 17.5 Å². The van der Waals surface area contributed by atoms with Gasteiger partial charge in [-0.15, -0.1) is 22.7 Å². The highest BCUT2D eigenvalue weighted by atomic mass is 32.1. The lowest BCUT2D eigenvalue weighted by Crippen LogP contribution is -1.97. The molecule has 0 saturated carbocycles. The fourth-order valence-corrected chi connectivity index (χ4v) is 24.5. The third kappa shape index (κ3) is 13.2. The van der Waals surface area contributed by atoms with Crippen molar-refractivity contribution in [1.29, 1.82) is 0 Å². The molecule has 9 aromatic heterocycles. The Morgan fingerprint density at radius 2 is 0.618 bits per heavy atom. The minimum atomic E-state index is 0.665. The van der Waals surface area contributed by atoms with Gasteiger partial charge in [-0.2, -0.15) is 0 Å². The van der Waals surface area contributed by atoms with Gasteiger partial charge >= 0.3 is 0 Å². The second kappa shape index (κ2) is 32.4. The zero-order valence-electron chi connectivity index (χ0n) is 77.0. The summed E-state index contributed by atoms with van der Waals surface area (Å²) >= 11 is 3.67. The van der Waals surface area contributed by atoms with Crippen molar-refractivity contribution < 1.29 is 13.3 Å². The first-order valence-corrected chi connectivity index (χ1v) is 50.1. The summed E-state index contributed by atoms with van der Waals surface area (Å²) in [7, 11) is 0. The summed E-state index contributed by atoms with van der Waals surface area (Å²) in [6.45, 7) is 0. The third-order valence-corrected chi connectivity index (χ3v) is 31.3. The standard InChI is InChI=1S/C46H27N3O.C46H26N2OS.C40H22N2OS/c1-2-15-32(16-3-1)49-39-20-9-8-18-34(39)37-26-31(21-23-40(37)49)46-47-44(35-19-10-14-28-11-6-7-17-33(28)35)36-22-24-41-43(45(36)48-46)38-25-29-12-4-5-13-30(29)27-42(38)50-41;1-2-9-28-22-33(17-16-27(28)8-1)44-36-19-20-39-43(38-25-30-10-3-4-11-31(30)26-40(38)49-39)45(36)48-46(47-44)34-13-7-12-29(23-34)32-18-21-42-37(24-32)35-14-5-6-15-41(35)50-42;1-2-11-25-22-35-32(21-24(25)10-1)36-34(44-35)20-19-30-37(28-15-7-12-23-9-3-4-13-26(23)28)41-40(42-38(30)36)31-17-8-16-29-27-14-5-6-18-33(27)43-39(29)31/h1-27H;1-26H;1-22H. The minimum absolute atomic E-state index is 0.665. The van der Waals surface area contributed by atoms with Gasteiger partial charge in [-0.3, -0.25) is 0 Å². The van der Waals surface area contributed by atoms with E-state index >= 15 is 0 Å². The van der Waals surface area contributed by atoms with Crippen molar-refractivity contribution in [2.24, 2.45) is 0 Å². The predicted molar refractivity (Wildman–Crippen MR) is 604 cm³/mol. The molecule has 32 aromatic rings. The second-order valence-corrected chi connectivity index (χ2v) is 39.5. The average Bonchev–Trinajstić information content (AvgIpc) is 1.54. The zero-order chi connectivity index (χ0) is 94.3. The number of rotatable bonds is 8. The number of fused-ring (bicyclic) bond motifs is 30. The van der Waals surface area contributed by atoms with Crippen molar-refractivity contribution in [3.8, 4) is 84.7 Å². The van der Waals surface area contributed by atoms with Gasteiger partial charge in [0.15, 0.2) is 17.5 Å². The van der Waals surface area contributed by atoms with Crippen molar-refractivity contribution in [2.45, 2.75) is 0 Å². The highest BCUT2D eigenvalue weighted by molar-refractivity contribution is 7.26. The number of hydrogen-bond donors (Lipinski definition) is 0. The molecule has 0 radical (unpaired) electrons. The van der Waals surface area contributed by atoms with Gasteiger partial charge in [0.05, 0.1) is 61.0 Å². The van der Waals surface area contributed by atoms with Gasteiger partial charge < -0.3 is 17.8 Å². The Morgan fingerprint density at radius 3 is 1.30 bits per heavy atom. The molecule has 12 heteroatoms. The molecule has 0 aliphatic carbocycles. The Kier molecular flexibility index (Phi) is 18.3. The fraction of sp³-hybridized carbons (Fsp3) is 0. The first kappa shape index (κ1) is 81.3. The maximum Gasteiger partial charge on any atom is 0.164 e. The molecule has 0 atom stereocenters. The van der Waals surface area contributed by atoms with E-state index in [1.165, 1.54) is 105 Å². The Bertz CT molecular complexity index is 11100. The van der Waals surface area contributed by atoms with Gasteiger partial charge in [0.25, 0.3) is 0 Å². The van der Waals surface area contributed by atoms with Crippen molar-refractivity contribution in [3.05, 3.63) is 455 Å². The predicted octanol–water partition coefficient (Wildman–Crippen LogP) is 37.0. The van der Waals surface area contributed by atoms with Crippen molar-refractivity contribution in [2.75, 3.05) is 0 Å². The molecule has 32 rings (SSSR count). The second-order valence-electron chi connectivity index (χ2n) is 37.3. The van der Waals surface area contributed by atoms with Crippen LogP contribution in [0, 0.1) is 0 Å². The van der Waals surface area contributed by atoms with Gasteiger partial charge in [0, 0.05) is 122 Å². The van der Waals surface area contributed by atoms with E-state index in [2.05, 4.69) is 447 Å². The average molecular weight is 1870 g/mol. The summed E-state index contributed by atoms with van der Waals surface area (Å²) in [5.41, 5.74) is 22.3. The summed E-state index contributed by atoms with van der Waals surface area (Å²) in [5.74, 6) is 2.03. The molecule has 0 bridgehead atoms. The molecular weight excluding hydrogens is 1800 g/mol. The van der Waals surface area contributed by atoms with Gasteiger partial charge in [-0.05, 0) is 227 Å². The number of nitrogens with zero attached hydrogens (tertiary/aromatic N) is 7. The number of hydrogen-bond acceptors (Lipinski definition) is 11. The van der Waals surface area contributed by atoms with Crippen molar-refractivity contribution >= 4 is 248 Å². The third-order valence-electron chi connectivity index (χ3n) is 29.0. The Labute approximate surface area is 829 Å². The van der Waals surface area contributed by atoms with E-state index < -0.39 is 0 Å². The first-order valence-electron chi connectivity index (χ1n) is 48.5. The van der Waals surface area contributed by atoms with Crippen LogP contribution in [-0.2, 0) is 0 Å². The molecule has 0 unspecified atom stereocenters. The molecule has 668 valence electrons. The zero-order valence-corrected chi connectivity index (χ0v) is 78.6. The summed E-state index contributed by atoms with van der Waals surface area (Å²) in [4.78, 5) is 32.3. The monoisotopic (exact) mass is 1870 g/mol. The topological polar surface area (TPSA) is 122 Å². The summed E-state index contributed by atoms with van der Waals surface area (Å²) < 4.78 is 26.9. The molecule has 0 spiro atoms. The molecule has 0 saturated heterocycles. The van der Waals surface area contributed by atoms with Crippen molar-refractivity contribution in [1.82, 2.24) is 34.5 Å².